The normalized spacial score (nSPS) is 11.5. The van der Waals surface area contributed by atoms with Crippen molar-refractivity contribution in [3.63, 3.8) is 0 Å². The van der Waals surface area contributed by atoms with E-state index in [9.17, 15) is 15.2 Å². The van der Waals surface area contributed by atoms with Crippen molar-refractivity contribution in [3.05, 3.63) is 129 Å². The maximum Gasteiger partial charge on any atom is 0.306 e. The molecule has 0 bridgehead atoms. The summed E-state index contributed by atoms with van der Waals surface area (Å²) in [5.41, 5.74) is 8.78. The Balaban J connectivity index is 1.31. The highest BCUT2D eigenvalue weighted by atomic mass is 35.5. The van der Waals surface area contributed by atoms with Gasteiger partial charge in [-0.2, -0.15) is 10.2 Å². The fourth-order valence-corrected chi connectivity index (χ4v) is 6.35. The highest BCUT2D eigenvalue weighted by Crippen LogP contribution is 2.36. The monoisotopic (exact) mass is 795 g/mol. The molecule has 14 heteroatoms. The molecule has 0 aliphatic carbocycles. The summed E-state index contributed by atoms with van der Waals surface area (Å²) in [4.78, 5) is 19.6. The first-order valence-corrected chi connectivity index (χ1v) is 18.7. The summed E-state index contributed by atoms with van der Waals surface area (Å²) in [6.07, 6.45) is 1.63. The van der Waals surface area contributed by atoms with Gasteiger partial charge in [0.15, 0.2) is 0 Å². The largest absolute Gasteiger partial charge is 0.488 e. The molecular formula is C43H46ClN5O8. The highest BCUT2D eigenvalue weighted by Gasteiger charge is 2.17. The van der Waals surface area contributed by atoms with Crippen LogP contribution in [0.3, 0.4) is 0 Å². The zero-order valence-electron chi connectivity index (χ0n) is 32.0. The van der Waals surface area contributed by atoms with Gasteiger partial charge in [0.2, 0.25) is 11.8 Å². The van der Waals surface area contributed by atoms with E-state index in [4.69, 9.17) is 40.8 Å². The molecule has 13 nitrogen and oxygen atoms in total. The number of ether oxygens (including phenoxy) is 4. The van der Waals surface area contributed by atoms with E-state index in [-0.39, 0.29) is 39.3 Å². The summed E-state index contributed by atoms with van der Waals surface area (Å²) in [7, 11) is 1.56. The Labute approximate surface area is 336 Å². The van der Waals surface area contributed by atoms with Crippen LogP contribution in [0, 0.1) is 25.2 Å². The predicted octanol–water partition coefficient (Wildman–Crippen LogP) is 6.04. The maximum absolute atomic E-state index is 11.0. The smallest absolute Gasteiger partial charge is 0.306 e. The maximum atomic E-state index is 11.0. The molecule has 298 valence electrons. The third-order valence-corrected chi connectivity index (χ3v) is 9.49. The minimum Gasteiger partial charge on any atom is -0.488 e. The van der Waals surface area contributed by atoms with Crippen molar-refractivity contribution in [1.29, 1.82) is 5.26 Å². The second-order valence-corrected chi connectivity index (χ2v) is 13.6. The topological polar surface area (TPSA) is 188 Å². The summed E-state index contributed by atoms with van der Waals surface area (Å²) in [6.45, 7) is 6.06. The summed E-state index contributed by atoms with van der Waals surface area (Å²) in [5.74, 6) is 0.653. The number of nitrogens with zero attached hydrogens (tertiary/aromatic N) is 3. The van der Waals surface area contributed by atoms with Crippen molar-refractivity contribution in [3.8, 4) is 40.5 Å². The lowest BCUT2D eigenvalue weighted by Crippen LogP contribution is -2.28. The van der Waals surface area contributed by atoms with Crippen LogP contribution in [0.2, 0.25) is 5.02 Å². The van der Waals surface area contributed by atoms with Crippen LogP contribution in [0.15, 0.2) is 79.1 Å². The molecule has 5 rings (SSSR count). The first-order valence-electron chi connectivity index (χ1n) is 18.3. The Morgan fingerprint density at radius 2 is 1.54 bits per heavy atom. The van der Waals surface area contributed by atoms with Gasteiger partial charge in [-0.1, -0.05) is 48.0 Å². The van der Waals surface area contributed by atoms with Crippen molar-refractivity contribution >= 4 is 17.6 Å². The highest BCUT2D eigenvalue weighted by molar-refractivity contribution is 6.32. The van der Waals surface area contributed by atoms with Gasteiger partial charge in [-0.05, 0) is 65.4 Å². The number of nitrogens with one attached hydrogen (secondary N) is 2. The molecule has 0 radical (unpaired) electrons. The number of aliphatic carboxylic acids is 1. The van der Waals surface area contributed by atoms with Gasteiger partial charge in [-0.15, -0.1) is 0 Å². The van der Waals surface area contributed by atoms with Crippen LogP contribution in [0.1, 0.15) is 50.9 Å². The average Bonchev–Trinajstić information content (AvgIpc) is 3.20. The fourth-order valence-electron chi connectivity index (χ4n) is 6.11. The summed E-state index contributed by atoms with van der Waals surface area (Å²) < 4.78 is 24.1. The third-order valence-electron chi connectivity index (χ3n) is 9.19. The number of aliphatic hydroxyl groups excluding tert-OH is 2. The summed E-state index contributed by atoms with van der Waals surface area (Å²) in [6, 6.07) is 23.1. The molecule has 5 aromatic rings. The first kappa shape index (κ1) is 42.4. The van der Waals surface area contributed by atoms with Gasteiger partial charge >= 0.3 is 5.97 Å². The Morgan fingerprint density at radius 3 is 2.21 bits per heavy atom. The molecule has 1 unspecified atom stereocenters. The second-order valence-electron chi connectivity index (χ2n) is 13.2. The number of pyridine rings is 2. The Bertz CT molecular complexity index is 2190. The quantitative estimate of drug-likeness (QED) is 0.0542. The van der Waals surface area contributed by atoms with Crippen LogP contribution < -0.4 is 29.6 Å². The van der Waals surface area contributed by atoms with E-state index in [1.54, 1.807) is 37.6 Å². The van der Waals surface area contributed by atoms with Gasteiger partial charge in [0.25, 0.3) is 0 Å². The van der Waals surface area contributed by atoms with Gasteiger partial charge in [-0.25, -0.2) is 0 Å². The fraction of sp³-hybridized carbons (Fsp3) is 0.302. The average molecular weight is 796 g/mol. The number of benzene rings is 3. The second kappa shape index (κ2) is 21.0. The summed E-state index contributed by atoms with van der Waals surface area (Å²) >= 11 is 6.75. The van der Waals surface area contributed by atoms with Crippen LogP contribution in [0.5, 0.6) is 23.3 Å². The molecule has 0 saturated carbocycles. The van der Waals surface area contributed by atoms with Gasteiger partial charge in [-0.3, -0.25) is 9.78 Å². The molecule has 57 heavy (non-hydrogen) atoms. The van der Waals surface area contributed by atoms with Gasteiger partial charge in [0.05, 0.1) is 36.8 Å². The van der Waals surface area contributed by atoms with E-state index in [1.165, 1.54) is 6.20 Å². The standard InChI is InChI=1S/C43H46ClN5O8/c1-27-32(6-4-8-36(27)37-9-5-7-33(28(37)2)26-57-41-11-10-31(21-46-12-13-50)43(49-41)54-3)25-56-40-17-39(55-24-30-14-29(18-45)19-47-20-30)34(15-38(40)44)22-48-23-35(51)16-42(52)53/h4-11,14-15,17,19-20,35,46,48,50-51H,12-13,16,21-26H2,1-3H3,(H,52,53). The van der Waals surface area contributed by atoms with Crippen molar-refractivity contribution < 1.29 is 39.1 Å². The van der Waals surface area contributed by atoms with Gasteiger partial charge in [0, 0.05) is 67.4 Å². The lowest BCUT2D eigenvalue weighted by Gasteiger charge is -2.18. The van der Waals surface area contributed by atoms with Crippen molar-refractivity contribution in [2.75, 3.05) is 26.8 Å². The number of halogens is 1. The number of rotatable bonds is 21. The van der Waals surface area contributed by atoms with E-state index < -0.39 is 12.1 Å². The number of carboxylic acid groups (broad SMARTS) is 1. The van der Waals surface area contributed by atoms with Crippen molar-refractivity contribution in [2.45, 2.75) is 59.3 Å². The zero-order valence-corrected chi connectivity index (χ0v) is 32.8. The van der Waals surface area contributed by atoms with Crippen LogP contribution in [-0.2, 0) is 37.7 Å². The predicted molar refractivity (Wildman–Crippen MR) is 214 cm³/mol. The number of carbonyl (C=O) groups is 1. The molecule has 0 aliphatic heterocycles. The third kappa shape index (κ3) is 11.9. The molecule has 3 aromatic carbocycles. The van der Waals surface area contributed by atoms with Crippen molar-refractivity contribution in [2.24, 2.45) is 0 Å². The molecule has 0 aliphatic rings. The molecular weight excluding hydrogens is 750 g/mol. The SMILES string of the molecule is COc1nc(OCc2cccc(-c3cccc(COc4cc(OCc5cncc(C#N)c5)c(CNCC(O)CC(=O)O)cc4Cl)c3C)c2C)ccc1CNCCO. The molecule has 2 aromatic heterocycles. The number of carboxylic acids is 1. The van der Waals surface area contributed by atoms with E-state index in [1.807, 2.05) is 30.3 Å². The molecule has 2 heterocycles. The van der Waals surface area contributed by atoms with Crippen LogP contribution in [0.4, 0.5) is 0 Å². The van der Waals surface area contributed by atoms with E-state index in [0.717, 1.165) is 38.9 Å². The molecule has 0 saturated heterocycles. The molecule has 0 amide bonds. The molecule has 0 fully saturated rings. The Hall–Kier alpha value is -5.75. The lowest BCUT2D eigenvalue weighted by atomic mass is 9.92. The summed E-state index contributed by atoms with van der Waals surface area (Å²) in [5, 5.41) is 43.9. The van der Waals surface area contributed by atoms with Crippen LogP contribution in [-0.4, -0.2) is 64.2 Å². The van der Waals surface area contributed by atoms with Crippen LogP contribution >= 0.6 is 11.6 Å². The van der Waals surface area contributed by atoms with E-state index in [2.05, 4.69) is 52.7 Å². The molecule has 1 atom stereocenters. The van der Waals surface area contributed by atoms with Gasteiger partial charge in [0.1, 0.15) is 37.4 Å². The minimum absolute atomic E-state index is 0.0443. The Kier molecular flexibility index (Phi) is 15.6. The van der Waals surface area contributed by atoms with E-state index in [0.29, 0.717) is 64.7 Å². The van der Waals surface area contributed by atoms with Crippen molar-refractivity contribution in [1.82, 2.24) is 20.6 Å². The number of methoxy groups -OCH3 is 1. The molecule has 0 spiro atoms. The minimum atomic E-state index is -1.09. The van der Waals surface area contributed by atoms with Gasteiger partial charge < -0.3 is 44.9 Å². The van der Waals surface area contributed by atoms with E-state index >= 15 is 0 Å². The number of aromatic nitrogens is 2. The lowest BCUT2D eigenvalue weighted by molar-refractivity contribution is -0.139. The molecule has 5 N–H and O–H groups in total. The first-order chi connectivity index (χ1) is 27.6. The number of nitriles is 1. The number of hydrogen-bond donors (Lipinski definition) is 5. The van der Waals surface area contributed by atoms with Crippen LogP contribution in [0.25, 0.3) is 11.1 Å². The zero-order chi connectivity index (χ0) is 40.7. The number of aliphatic hydroxyl groups is 2. The number of hydrogen-bond acceptors (Lipinski definition) is 12. The Morgan fingerprint density at radius 1 is 0.860 bits per heavy atom.